The second-order valence-electron chi connectivity index (χ2n) is 3.71. The highest BCUT2D eigenvalue weighted by atomic mass is 16.1. The molecule has 0 aliphatic carbocycles. The maximum absolute atomic E-state index is 11.9. The molecule has 0 spiro atoms. The minimum atomic E-state index is 0.0445. The third-order valence-electron chi connectivity index (χ3n) is 2.61. The van der Waals surface area contributed by atoms with Gasteiger partial charge in [0.2, 0.25) is 5.78 Å². The fourth-order valence-electron chi connectivity index (χ4n) is 1.51. The van der Waals surface area contributed by atoms with Crippen LogP contribution in [-0.2, 0) is 0 Å². The smallest absolute Gasteiger partial charge is 0.209 e. The van der Waals surface area contributed by atoms with E-state index in [4.69, 9.17) is 0 Å². The molecule has 0 bridgehead atoms. The van der Waals surface area contributed by atoms with Gasteiger partial charge in [-0.25, -0.2) is 0 Å². The lowest BCUT2D eigenvalue weighted by Crippen LogP contribution is -2.02. The number of aromatic nitrogens is 1. The molecule has 2 nitrogen and oxygen atoms in total. The van der Waals surface area contributed by atoms with Gasteiger partial charge in [-0.15, -0.1) is 0 Å². The molecule has 0 saturated carbocycles. The van der Waals surface area contributed by atoms with E-state index in [9.17, 15) is 4.79 Å². The molecule has 0 unspecified atom stereocenters. The highest BCUT2D eigenvalue weighted by Gasteiger charge is 2.09. The highest BCUT2D eigenvalue weighted by Crippen LogP contribution is 2.13. The second kappa shape index (κ2) is 3.73. The molecule has 0 aliphatic heterocycles. The van der Waals surface area contributed by atoms with E-state index in [1.165, 1.54) is 5.56 Å². The molecule has 15 heavy (non-hydrogen) atoms. The van der Waals surface area contributed by atoms with Crippen LogP contribution in [0.1, 0.15) is 27.2 Å². The second-order valence-corrected chi connectivity index (χ2v) is 3.71. The number of ketones is 1. The van der Waals surface area contributed by atoms with Crippen LogP contribution in [0.3, 0.4) is 0 Å². The van der Waals surface area contributed by atoms with E-state index >= 15 is 0 Å². The van der Waals surface area contributed by atoms with Crippen LogP contribution in [0.5, 0.6) is 0 Å². The van der Waals surface area contributed by atoms with Gasteiger partial charge in [-0.3, -0.25) is 4.79 Å². The van der Waals surface area contributed by atoms with Crippen molar-refractivity contribution in [3.8, 4) is 0 Å². The maximum atomic E-state index is 11.9. The van der Waals surface area contributed by atoms with Gasteiger partial charge >= 0.3 is 0 Å². The number of carbonyl (C=O) groups is 1. The lowest BCUT2D eigenvalue weighted by molar-refractivity contribution is 0.103. The standard InChI is InChI=1S/C13H13NO/c1-9-5-6-11(8-10(9)2)13(15)12-4-3-7-14-12/h3-8,14H,1-2H3. The highest BCUT2D eigenvalue weighted by molar-refractivity contribution is 6.07. The Bertz CT molecular complexity index is 483. The first-order chi connectivity index (χ1) is 7.18. The Labute approximate surface area is 89.0 Å². The van der Waals surface area contributed by atoms with Crippen LogP contribution in [0, 0.1) is 13.8 Å². The van der Waals surface area contributed by atoms with Gasteiger partial charge in [-0.05, 0) is 43.2 Å². The molecule has 0 aliphatic rings. The lowest BCUT2D eigenvalue weighted by Gasteiger charge is -2.03. The van der Waals surface area contributed by atoms with Crippen molar-refractivity contribution in [2.45, 2.75) is 13.8 Å². The number of aromatic amines is 1. The molecule has 1 aromatic carbocycles. The van der Waals surface area contributed by atoms with Crippen molar-refractivity contribution in [1.82, 2.24) is 4.98 Å². The number of hydrogen-bond acceptors (Lipinski definition) is 1. The van der Waals surface area contributed by atoms with Crippen molar-refractivity contribution >= 4 is 5.78 Å². The fraction of sp³-hybridized carbons (Fsp3) is 0.154. The number of H-pyrrole nitrogens is 1. The molecule has 0 radical (unpaired) electrons. The molecule has 76 valence electrons. The summed E-state index contributed by atoms with van der Waals surface area (Å²) in [6, 6.07) is 9.39. The quantitative estimate of drug-likeness (QED) is 0.741. The molecule has 1 N–H and O–H groups in total. The van der Waals surface area contributed by atoms with Gasteiger partial charge in [0, 0.05) is 11.8 Å². The first-order valence-corrected chi connectivity index (χ1v) is 4.94. The maximum Gasteiger partial charge on any atom is 0.209 e. The summed E-state index contributed by atoms with van der Waals surface area (Å²) < 4.78 is 0. The third-order valence-corrected chi connectivity index (χ3v) is 2.61. The van der Waals surface area contributed by atoms with E-state index in [1.807, 2.05) is 38.1 Å². The van der Waals surface area contributed by atoms with Crippen molar-refractivity contribution in [2.24, 2.45) is 0 Å². The van der Waals surface area contributed by atoms with Crippen molar-refractivity contribution in [1.29, 1.82) is 0 Å². The van der Waals surface area contributed by atoms with Crippen LogP contribution in [0.25, 0.3) is 0 Å². The van der Waals surface area contributed by atoms with E-state index in [0.29, 0.717) is 5.69 Å². The summed E-state index contributed by atoms with van der Waals surface area (Å²) in [4.78, 5) is 14.9. The molecule has 2 aromatic rings. The molecule has 2 heteroatoms. The SMILES string of the molecule is Cc1ccc(C(=O)c2ccc[nH]2)cc1C. The van der Waals surface area contributed by atoms with Crippen LogP contribution in [0.15, 0.2) is 36.5 Å². The Morgan fingerprint density at radius 1 is 1.13 bits per heavy atom. The largest absolute Gasteiger partial charge is 0.359 e. The van der Waals surface area contributed by atoms with Gasteiger partial charge < -0.3 is 4.98 Å². The number of nitrogens with one attached hydrogen (secondary N) is 1. The number of carbonyl (C=O) groups excluding carboxylic acids is 1. The van der Waals surface area contributed by atoms with Crippen LogP contribution >= 0.6 is 0 Å². The molecular weight excluding hydrogens is 186 g/mol. The average Bonchev–Trinajstić information content (AvgIpc) is 2.74. The van der Waals surface area contributed by atoms with E-state index < -0.39 is 0 Å². The summed E-state index contributed by atoms with van der Waals surface area (Å²) in [7, 11) is 0. The first kappa shape index (κ1) is 9.71. The van der Waals surface area contributed by atoms with E-state index in [-0.39, 0.29) is 5.78 Å². The molecule has 0 atom stereocenters. The molecule has 0 saturated heterocycles. The van der Waals surface area contributed by atoms with Crippen LogP contribution in [-0.4, -0.2) is 10.8 Å². The van der Waals surface area contributed by atoms with Crippen LogP contribution in [0.4, 0.5) is 0 Å². The number of aryl methyl sites for hydroxylation is 2. The van der Waals surface area contributed by atoms with Gasteiger partial charge in [0.25, 0.3) is 0 Å². The summed E-state index contributed by atoms with van der Waals surface area (Å²) >= 11 is 0. The molecule has 1 aromatic heterocycles. The Morgan fingerprint density at radius 2 is 1.93 bits per heavy atom. The number of rotatable bonds is 2. The van der Waals surface area contributed by atoms with Gasteiger partial charge in [0.15, 0.2) is 0 Å². The van der Waals surface area contributed by atoms with Crippen molar-refractivity contribution in [2.75, 3.05) is 0 Å². The average molecular weight is 199 g/mol. The molecule has 0 amide bonds. The molecule has 0 fully saturated rings. The number of hydrogen-bond donors (Lipinski definition) is 1. The normalized spacial score (nSPS) is 10.3. The summed E-state index contributed by atoms with van der Waals surface area (Å²) in [5.41, 5.74) is 3.73. The summed E-state index contributed by atoms with van der Waals surface area (Å²) in [5.74, 6) is 0.0445. The Morgan fingerprint density at radius 3 is 2.53 bits per heavy atom. The Balaban J connectivity index is 2.39. The van der Waals surface area contributed by atoms with Gasteiger partial charge in [-0.1, -0.05) is 12.1 Å². The lowest BCUT2D eigenvalue weighted by atomic mass is 10.0. The molecule has 1 heterocycles. The first-order valence-electron chi connectivity index (χ1n) is 4.94. The van der Waals surface area contributed by atoms with Crippen molar-refractivity contribution in [3.63, 3.8) is 0 Å². The summed E-state index contributed by atoms with van der Waals surface area (Å²) in [6.45, 7) is 4.05. The fourth-order valence-corrected chi connectivity index (χ4v) is 1.51. The van der Waals surface area contributed by atoms with Gasteiger partial charge in [0.1, 0.15) is 0 Å². The van der Waals surface area contributed by atoms with Crippen molar-refractivity contribution in [3.05, 3.63) is 58.9 Å². The van der Waals surface area contributed by atoms with Crippen LogP contribution in [0.2, 0.25) is 0 Å². The molecule has 2 rings (SSSR count). The topological polar surface area (TPSA) is 32.9 Å². The Kier molecular flexibility index (Phi) is 2.42. The minimum Gasteiger partial charge on any atom is -0.359 e. The zero-order chi connectivity index (χ0) is 10.8. The minimum absolute atomic E-state index is 0.0445. The zero-order valence-corrected chi connectivity index (χ0v) is 8.87. The van der Waals surface area contributed by atoms with E-state index in [2.05, 4.69) is 4.98 Å². The van der Waals surface area contributed by atoms with Gasteiger partial charge in [-0.2, -0.15) is 0 Å². The predicted octanol–water partition coefficient (Wildman–Crippen LogP) is 2.86. The van der Waals surface area contributed by atoms with E-state index in [0.717, 1.165) is 11.1 Å². The Hall–Kier alpha value is -1.83. The monoisotopic (exact) mass is 199 g/mol. The van der Waals surface area contributed by atoms with Crippen LogP contribution < -0.4 is 0 Å². The zero-order valence-electron chi connectivity index (χ0n) is 8.87. The third kappa shape index (κ3) is 1.84. The summed E-state index contributed by atoms with van der Waals surface area (Å²) in [5, 5.41) is 0. The van der Waals surface area contributed by atoms with Crippen molar-refractivity contribution < 1.29 is 4.79 Å². The number of benzene rings is 1. The van der Waals surface area contributed by atoms with E-state index in [1.54, 1.807) is 12.3 Å². The van der Waals surface area contributed by atoms with Gasteiger partial charge in [0.05, 0.1) is 5.69 Å². The molecular formula is C13H13NO. The predicted molar refractivity (Wildman–Crippen MR) is 60.1 cm³/mol. The summed E-state index contributed by atoms with van der Waals surface area (Å²) in [6.07, 6.45) is 1.76.